The summed E-state index contributed by atoms with van der Waals surface area (Å²) < 4.78 is 0. The second-order valence-corrected chi connectivity index (χ2v) is 5.33. The molecule has 1 aliphatic rings. The van der Waals surface area contributed by atoms with Crippen molar-refractivity contribution in [3.05, 3.63) is 0 Å². The molecule has 1 amide bonds. The summed E-state index contributed by atoms with van der Waals surface area (Å²) in [5.74, 6) is 0.496. The van der Waals surface area contributed by atoms with Crippen LogP contribution in [-0.2, 0) is 4.79 Å². The van der Waals surface area contributed by atoms with Crippen LogP contribution in [0, 0.1) is 5.92 Å². The zero-order valence-corrected chi connectivity index (χ0v) is 11.1. The van der Waals surface area contributed by atoms with Crippen LogP contribution in [0.5, 0.6) is 0 Å². The second-order valence-electron chi connectivity index (χ2n) is 4.80. The van der Waals surface area contributed by atoms with Crippen LogP contribution in [0.15, 0.2) is 0 Å². The highest BCUT2D eigenvalue weighted by Gasteiger charge is 2.26. The Hall–Kier alpha value is -0.640. The van der Waals surface area contributed by atoms with Crippen LogP contribution >= 0.6 is 12.2 Å². The van der Waals surface area contributed by atoms with Crippen molar-refractivity contribution < 1.29 is 4.79 Å². The monoisotopic (exact) mass is 242 g/mol. The third kappa shape index (κ3) is 3.74. The van der Waals surface area contributed by atoms with Gasteiger partial charge in [0.05, 0.1) is 4.99 Å². The van der Waals surface area contributed by atoms with Crippen LogP contribution < -0.4 is 5.73 Å². The van der Waals surface area contributed by atoms with Crippen LogP contribution in [0.3, 0.4) is 0 Å². The Kier molecular flexibility index (Phi) is 5.19. The van der Waals surface area contributed by atoms with Crippen molar-refractivity contribution in [2.75, 3.05) is 7.05 Å². The lowest BCUT2D eigenvalue weighted by Crippen LogP contribution is -2.41. The van der Waals surface area contributed by atoms with Crippen molar-refractivity contribution in [3.63, 3.8) is 0 Å². The first-order valence-corrected chi connectivity index (χ1v) is 6.48. The van der Waals surface area contributed by atoms with Crippen molar-refractivity contribution in [3.8, 4) is 0 Å². The second kappa shape index (κ2) is 6.18. The number of nitrogens with zero attached hydrogens (tertiary/aromatic N) is 1. The van der Waals surface area contributed by atoms with E-state index in [9.17, 15) is 4.79 Å². The number of amides is 1. The molecule has 0 aromatic heterocycles. The average molecular weight is 242 g/mol. The molecule has 3 nitrogen and oxygen atoms in total. The molecule has 16 heavy (non-hydrogen) atoms. The lowest BCUT2D eigenvalue weighted by atomic mass is 9.88. The molecular weight excluding hydrogens is 220 g/mol. The Labute approximate surface area is 103 Å². The van der Waals surface area contributed by atoms with E-state index in [1.54, 1.807) is 0 Å². The fourth-order valence-electron chi connectivity index (χ4n) is 2.28. The molecule has 0 radical (unpaired) electrons. The Bertz CT molecular complexity index is 262. The van der Waals surface area contributed by atoms with E-state index in [2.05, 4.69) is 0 Å². The van der Waals surface area contributed by atoms with Gasteiger partial charge in [-0.2, -0.15) is 0 Å². The lowest BCUT2D eigenvalue weighted by Gasteiger charge is -2.30. The Morgan fingerprint density at radius 2 is 2.00 bits per heavy atom. The zero-order valence-electron chi connectivity index (χ0n) is 10.2. The fourth-order valence-corrected chi connectivity index (χ4v) is 2.52. The van der Waals surface area contributed by atoms with Crippen molar-refractivity contribution in [1.82, 2.24) is 4.90 Å². The highest BCUT2D eigenvalue weighted by molar-refractivity contribution is 7.80. The van der Waals surface area contributed by atoms with Gasteiger partial charge in [0.15, 0.2) is 0 Å². The van der Waals surface area contributed by atoms with Crippen molar-refractivity contribution >= 4 is 23.1 Å². The van der Waals surface area contributed by atoms with E-state index in [0.717, 1.165) is 12.8 Å². The van der Waals surface area contributed by atoms with E-state index >= 15 is 0 Å². The largest absolute Gasteiger partial charge is 0.393 e. The number of rotatable bonds is 4. The van der Waals surface area contributed by atoms with Gasteiger partial charge in [0.25, 0.3) is 0 Å². The van der Waals surface area contributed by atoms with Crippen molar-refractivity contribution in [2.24, 2.45) is 11.7 Å². The van der Waals surface area contributed by atoms with E-state index < -0.39 is 0 Å². The standard InChI is InChI=1S/C12H22N2OS/c1-9(8-11(13)16)14(2)12(15)10-6-4-3-5-7-10/h9-10H,3-8H2,1-2H3,(H2,13,16). The van der Waals surface area contributed by atoms with Gasteiger partial charge in [0.1, 0.15) is 0 Å². The minimum absolute atomic E-state index is 0.118. The van der Waals surface area contributed by atoms with E-state index in [-0.39, 0.29) is 17.9 Å². The van der Waals surface area contributed by atoms with Gasteiger partial charge in [-0.3, -0.25) is 4.79 Å². The van der Waals surface area contributed by atoms with E-state index in [1.807, 2.05) is 18.9 Å². The van der Waals surface area contributed by atoms with Crippen LogP contribution in [0.25, 0.3) is 0 Å². The Morgan fingerprint density at radius 1 is 1.44 bits per heavy atom. The molecule has 4 heteroatoms. The van der Waals surface area contributed by atoms with Gasteiger partial charge in [-0.15, -0.1) is 0 Å². The summed E-state index contributed by atoms with van der Waals surface area (Å²) in [7, 11) is 1.86. The maximum absolute atomic E-state index is 12.2. The molecule has 0 saturated heterocycles. The van der Waals surface area contributed by atoms with Crippen LogP contribution in [0.2, 0.25) is 0 Å². The quantitative estimate of drug-likeness (QED) is 0.768. The summed E-state index contributed by atoms with van der Waals surface area (Å²) in [6.45, 7) is 2.00. The predicted molar refractivity (Wildman–Crippen MR) is 70.2 cm³/mol. The fraction of sp³-hybridized carbons (Fsp3) is 0.833. The number of carbonyl (C=O) groups is 1. The molecule has 1 aliphatic carbocycles. The highest BCUT2D eigenvalue weighted by Crippen LogP contribution is 2.25. The zero-order chi connectivity index (χ0) is 12.1. The Morgan fingerprint density at radius 3 is 2.50 bits per heavy atom. The molecule has 2 N–H and O–H groups in total. The minimum Gasteiger partial charge on any atom is -0.393 e. The molecule has 1 unspecified atom stereocenters. The number of hydrogen-bond acceptors (Lipinski definition) is 2. The third-order valence-corrected chi connectivity index (χ3v) is 3.63. The van der Waals surface area contributed by atoms with Gasteiger partial charge < -0.3 is 10.6 Å². The molecule has 92 valence electrons. The number of nitrogens with two attached hydrogens (primary N) is 1. The van der Waals surface area contributed by atoms with Gasteiger partial charge in [-0.1, -0.05) is 31.5 Å². The summed E-state index contributed by atoms with van der Waals surface area (Å²) in [5, 5.41) is 0. The summed E-state index contributed by atoms with van der Waals surface area (Å²) in [5.41, 5.74) is 5.50. The molecule has 0 aliphatic heterocycles. The molecule has 1 fully saturated rings. The minimum atomic E-state index is 0.118. The lowest BCUT2D eigenvalue weighted by molar-refractivity contribution is -0.136. The van der Waals surface area contributed by atoms with Crippen LogP contribution in [0.1, 0.15) is 45.4 Å². The topological polar surface area (TPSA) is 46.3 Å². The van der Waals surface area contributed by atoms with E-state index in [4.69, 9.17) is 18.0 Å². The molecule has 1 atom stereocenters. The molecule has 1 saturated carbocycles. The molecule has 0 spiro atoms. The van der Waals surface area contributed by atoms with E-state index in [0.29, 0.717) is 11.4 Å². The number of hydrogen-bond donors (Lipinski definition) is 1. The van der Waals surface area contributed by atoms with E-state index in [1.165, 1.54) is 19.3 Å². The van der Waals surface area contributed by atoms with Crippen LogP contribution in [0.4, 0.5) is 0 Å². The first kappa shape index (κ1) is 13.4. The summed E-state index contributed by atoms with van der Waals surface area (Å²) >= 11 is 4.87. The van der Waals surface area contributed by atoms with Gasteiger partial charge in [0.2, 0.25) is 5.91 Å². The van der Waals surface area contributed by atoms with Gasteiger partial charge in [-0.25, -0.2) is 0 Å². The smallest absolute Gasteiger partial charge is 0.225 e. The first-order valence-electron chi connectivity index (χ1n) is 6.07. The molecular formula is C12H22N2OS. The SMILES string of the molecule is CC(CC(N)=S)N(C)C(=O)C1CCCCC1. The molecule has 0 heterocycles. The van der Waals surface area contributed by atoms with Crippen molar-refractivity contribution in [2.45, 2.75) is 51.5 Å². The average Bonchev–Trinajstić information content (AvgIpc) is 2.27. The van der Waals surface area contributed by atoms with Gasteiger partial charge in [-0.05, 0) is 19.8 Å². The molecule has 0 bridgehead atoms. The van der Waals surface area contributed by atoms with Crippen molar-refractivity contribution in [1.29, 1.82) is 0 Å². The predicted octanol–water partition coefficient (Wildman–Crippen LogP) is 2.09. The molecule has 0 aromatic carbocycles. The maximum Gasteiger partial charge on any atom is 0.225 e. The summed E-state index contributed by atoms with van der Waals surface area (Å²) in [6.07, 6.45) is 6.36. The third-order valence-electron chi connectivity index (χ3n) is 3.46. The van der Waals surface area contributed by atoms with Gasteiger partial charge >= 0.3 is 0 Å². The summed E-state index contributed by atoms with van der Waals surface area (Å²) in [4.78, 5) is 14.5. The highest BCUT2D eigenvalue weighted by atomic mass is 32.1. The molecule has 0 aromatic rings. The molecule has 1 rings (SSSR count). The number of thiocarbonyl (C=S) groups is 1. The van der Waals surface area contributed by atoms with Crippen LogP contribution in [-0.4, -0.2) is 28.9 Å². The maximum atomic E-state index is 12.2. The number of carbonyl (C=O) groups excluding carboxylic acids is 1. The first-order chi connectivity index (χ1) is 7.52. The summed E-state index contributed by atoms with van der Waals surface area (Å²) in [6, 6.07) is 0.118. The Balaban J connectivity index is 2.48. The normalized spacial score (nSPS) is 19.1. The van der Waals surface area contributed by atoms with Gasteiger partial charge in [0, 0.05) is 25.4 Å².